The Morgan fingerprint density at radius 3 is 2.24 bits per heavy atom. The molecule has 1 amide bonds. The van der Waals surface area contributed by atoms with Crippen molar-refractivity contribution < 1.29 is 19.4 Å². The van der Waals surface area contributed by atoms with Crippen molar-refractivity contribution in [3.8, 4) is 0 Å². The van der Waals surface area contributed by atoms with E-state index in [9.17, 15) is 14.7 Å². The summed E-state index contributed by atoms with van der Waals surface area (Å²) >= 11 is 0. The second-order valence-electron chi connectivity index (χ2n) is 6.28. The van der Waals surface area contributed by atoms with Gasteiger partial charge in [-0.1, -0.05) is 6.92 Å². The van der Waals surface area contributed by atoms with Crippen LogP contribution in [0, 0.1) is 11.3 Å². The van der Waals surface area contributed by atoms with Crippen molar-refractivity contribution in [1.82, 2.24) is 5.32 Å². The number of carbonyl (C=O) groups excluding carboxylic acids is 1. The monoisotopic (exact) mass is 241 g/mol. The fraction of sp³-hybridized carbons (Fsp3) is 0.833. The zero-order chi connectivity index (χ0) is 13.1. The van der Waals surface area contributed by atoms with Crippen LogP contribution in [0.3, 0.4) is 0 Å². The number of hydrogen-bond acceptors (Lipinski definition) is 3. The Morgan fingerprint density at radius 2 is 1.94 bits per heavy atom. The minimum Gasteiger partial charge on any atom is -0.479 e. The standard InChI is InChI=1S/C12H19NO4/c1-7-5-11(7)6-12(11,8(14)15)13-9(16)17-10(2,3)4/h7H,5-6H2,1-4H3,(H,13,16)(H,14,15)/t7?,11?,12-/m0/s1. The molecule has 5 heteroatoms. The SMILES string of the molecule is CC1CC12C[C@]2(NC(=O)OC(C)(C)C)C(=O)O. The average Bonchev–Trinajstić information content (AvgIpc) is 2.89. The third kappa shape index (κ3) is 1.77. The van der Waals surface area contributed by atoms with Gasteiger partial charge < -0.3 is 15.2 Å². The van der Waals surface area contributed by atoms with Gasteiger partial charge in [0.2, 0.25) is 0 Å². The number of carbonyl (C=O) groups is 2. The molecule has 2 saturated carbocycles. The maximum Gasteiger partial charge on any atom is 0.408 e. The zero-order valence-corrected chi connectivity index (χ0v) is 10.7. The van der Waals surface area contributed by atoms with Crippen molar-refractivity contribution >= 4 is 12.1 Å². The molecule has 0 radical (unpaired) electrons. The van der Waals surface area contributed by atoms with Crippen LogP contribution >= 0.6 is 0 Å². The van der Waals surface area contributed by atoms with Crippen molar-refractivity contribution in [2.45, 2.75) is 51.7 Å². The van der Waals surface area contributed by atoms with Gasteiger partial charge in [-0.05, 0) is 39.5 Å². The molecular weight excluding hydrogens is 222 g/mol. The van der Waals surface area contributed by atoms with Crippen LogP contribution in [0.4, 0.5) is 4.79 Å². The largest absolute Gasteiger partial charge is 0.479 e. The Kier molecular flexibility index (Phi) is 2.26. The molecule has 2 rings (SSSR count). The predicted molar refractivity (Wildman–Crippen MR) is 60.6 cm³/mol. The lowest BCUT2D eigenvalue weighted by Gasteiger charge is -2.22. The first kappa shape index (κ1) is 12.2. The Balaban J connectivity index is 2.03. The van der Waals surface area contributed by atoms with Crippen LogP contribution in [0.5, 0.6) is 0 Å². The zero-order valence-electron chi connectivity index (χ0n) is 10.7. The van der Waals surface area contributed by atoms with E-state index in [0.29, 0.717) is 12.3 Å². The highest BCUT2D eigenvalue weighted by Crippen LogP contribution is 2.76. The van der Waals surface area contributed by atoms with Crippen molar-refractivity contribution in [1.29, 1.82) is 0 Å². The van der Waals surface area contributed by atoms with Gasteiger partial charge in [-0.3, -0.25) is 0 Å². The van der Waals surface area contributed by atoms with Crippen molar-refractivity contribution in [2.75, 3.05) is 0 Å². The molecule has 17 heavy (non-hydrogen) atoms. The summed E-state index contributed by atoms with van der Waals surface area (Å²) < 4.78 is 5.11. The summed E-state index contributed by atoms with van der Waals surface area (Å²) in [5.41, 5.74) is -1.91. The van der Waals surface area contributed by atoms with Crippen molar-refractivity contribution in [3.05, 3.63) is 0 Å². The molecule has 0 aliphatic heterocycles. The van der Waals surface area contributed by atoms with Crippen LogP contribution in [0.1, 0.15) is 40.5 Å². The molecule has 5 nitrogen and oxygen atoms in total. The van der Waals surface area contributed by atoms with E-state index in [-0.39, 0.29) is 5.41 Å². The van der Waals surface area contributed by atoms with E-state index < -0.39 is 23.2 Å². The molecule has 1 spiro atoms. The molecule has 2 N–H and O–H groups in total. The number of alkyl carbamates (subject to hydrolysis) is 1. The van der Waals surface area contributed by atoms with E-state index >= 15 is 0 Å². The maximum absolute atomic E-state index is 11.6. The number of carboxylic acid groups (broad SMARTS) is 1. The van der Waals surface area contributed by atoms with Crippen LogP contribution in [0.2, 0.25) is 0 Å². The fourth-order valence-corrected chi connectivity index (χ4v) is 2.75. The van der Waals surface area contributed by atoms with E-state index in [1.54, 1.807) is 20.8 Å². The summed E-state index contributed by atoms with van der Waals surface area (Å²) in [5.74, 6) is -0.582. The average molecular weight is 241 g/mol. The van der Waals surface area contributed by atoms with Gasteiger partial charge in [0.05, 0.1) is 0 Å². The number of hydrogen-bond donors (Lipinski definition) is 2. The number of aliphatic carboxylic acids is 1. The van der Waals surface area contributed by atoms with Gasteiger partial charge in [-0.25, -0.2) is 9.59 Å². The fourth-order valence-electron chi connectivity index (χ4n) is 2.75. The Hall–Kier alpha value is -1.26. The van der Waals surface area contributed by atoms with E-state index in [0.717, 1.165) is 6.42 Å². The highest BCUT2D eigenvalue weighted by atomic mass is 16.6. The highest BCUT2D eigenvalue weighted by molar-refractivity contribution is 5.90. The summed E-state index contributed by atoms with van der Waals surface area (Å²) in [6.07, 6.45) is 0.751. The van der Waals surface area contributed by atoms with Gasteiger partial charge in [-0.2, -0.15) is 0 Å². The number of amides is 1. The number of carboxylic acids is 1. The molecule has 2 aliphatic carbocycles. The second-order valence-corrected chi connectivity index (χ2v) is 6.28. The molecule has 0 aromatic heterocycles. The second kappa shape index (κ2) is 3.15. The van der Waals surface area contributed by atoms with Crippen LogP contribution in [-0.2, 0) is 9.53 Å². The molecule has 0 heterocycles. The molecule has 0 aromatic rings. The quantitative estimate of drug-likeness (QED) is 0.772. The predicted octanol–water partition coefficient (Wildman–Crippen LogP) is 1.76. The lowest BCUT2D eigenvalue weighted by molar-refractivity contribution is -0.141. The van der Waals surface area contributed by atoms with Crippen molar-refractivity contribution in [2.24, 2.45) is 11.3 Å². The van der Waals surface area contributed by atoms with Gasteiger partial charge >= 0.3 is 12.1 Å². The Labute approximate surface area is 101 Å². The molecule has 2 unspecified atom stereocenters. The summed E-state index contributed by atoms with van der Waals surface area (Å²) in [7, 11) is 0. The summed E-state index contributed by atoms with van der Waals surface area (Å²) in [6.45, 7) is 7.27. The van der Waals surface area contributed by atoms with E-state index in [1.807, 2.05) is 6.92 Å². The Bertz CT molecular complexity index is 386. The van der Waals surface area contributed by atoms with Gasteiger partial charge in [0.15, 0.2) is 0 Å². The van der Waals surface area contributed by atoms with Crippen LogP contribution in [0.15, 0.2) is 0 Å². The third-order valence-electron chi connectivity index (χ3n) is 3.84. The van der Waals surface area contributed by atoms with Crippen LogP contribution in [0.25, 0.3) is 0 Å². The minimum absolute atomic E-state index is 0.213. The summed E-state index contributed by atoms with van der Waals surface area (Å²) in [6, 6.07) is 0. The smallest absolute Gasteiger partial charge is 0.408 e. The topological polar surface area (TPSA) is 75.6 Å². The molecule has 0 aromatic carbocycles. The van der Waals surface area contributed by atoms with Crippen LogP contribution < -0.4 is 5.32 Å². The highest BCUT2D eigenvalue weighted by Gasteiger charge is 2.83. The maximum atomic E-state index is 11.6. The van der Waals surface area contributed by atoms with Gasteiger partial charge in [0.1, 0.15) is 11.1 Å². The molecular formula is C12H19NO4. The Morgan fingerprint density at radius 1 is 1.41 bits per heavy atom. The molecule has 2 fully saturated rings. The normalized spacial score (nSPS) is 38.7. The van der Waals surface area contributed by atoms with E-state index in [2.05, 4.69) is 5.32 Å². The molecule has 3 atom stereocenters. The molecule has 2 aliphatic rings. The molecule has 0 bridgehead atoms. The lowest BCUT2D eigenvalue weighted by atomic mass is 10.1. The first-order chi connectivity index (χ1) is 7.63. The lowest BCUT2D eigenvalue weighted by Crippen LogP contribution is -2.47. The first-order valence-electron chi connectivity index (χ1n) is 5.88. The number of ether oxygens (including phenoxy) is 1. The van der Waals surface area contributed by atoms with Gasteiger partial charge in [0, 0.05) is 5.41 Å². The minimum atomic E-state index is -1.09. The number of nitrogens with one attached hydrogen (secondary N) is 1. The molecule has 96 valence electrons. The van der Waals surface area contributed by atoms with Gasteiger partial charge in [0.25, 0.3) is 0 Å². The first-order valence-corrected chi connectivity index (χ1v) is 5.88. The molecule has 0 saturated heterocycles. The van der Waals surface area contributed by atoms with Crippen LogP contribution in [-0.4, -0.2) is 28.3 Å². The van der Waals surface area contributed by atoms with E-state index in [1.165, 1.54) is 0 Å². The van der Waals surface area contributed by atoms with Crippen molar-refractivity contribution in [3.63, 3.8) is 0 Å². The summed E-state index contributed by atoms with van der Waals surface area (Å²) in [4.78, 5) is 23.0. The van der Waals surface area contributed by atoms with Gasteiger partial charge in [-0.15, -0.1) is 0 Å². The van der Waals surface area contributed by atoms with E-state index in [4.69, 9.17) is 4.74 Å². The summed E-state index contributed by atoms with van der Waals surface area (Å²) in [5, 5.41) is 11.8. The number of rotatable bonds is 2. The third-order valence-corrected chi connectivity index (χ3v) is 3.84.